The molecule has 1 aliphatic carbocycles. The molecule has 0 spiro atoms. The summed E-state index contributed by atoms with van der Waals surface area (Å²) >= 11 is 0. The third-order valence-corrected chi connectivity index (χ3v) is 5.35. The standard InChI is InChI=1S/C22H21NO3/c24-21(16-10-9-14-5-1-2-6-15(14)11-16)12-18(22(25)26)19-13-23-20-8-4-3-7-17(19)20/h3-4,7-11,13,18,23H,1-2,5-6,12H2,(H,25,26)/t18-/m1/s1. The SMILES string of the molecule is O=C(C[C@@H](C(=O)O)c1c[nH]c2ccccc12)c1ccc2c(c1)CCCC2. The number of carbonyl (C=O) groups excluding carboxylic acids is 1. The fourth-order valence-electron chi connectivity index (χ4n) is 3.92. The van der Waals surface area contributed by atoms with Crippen LogP contribution in [0.2, 0.25) is 0 Å². The summed E-state index contributed by atoms with van der Waals surface area (Å²) in [6, 6.07) is 13.4. The van der Waals surface area contributed by atoms with Crippen LogP contribution in [0.15, 0.2) is 48.7 Å². The van der Waals surface area contributed by atoms with Gasteiger partial charge in [-0.3, -0.25) is 9.59 Å². The molecule has 4 rings (SSSR count). The molecule has 4 heteroatoms. The number of hydrogen-bond acceptors (Lipinski definition) is 2. The number of carbonyl (C=O) groups is 2. The number of ketones is 1. The van der Waals surface area contributed by atoms with Gasteiger partial charge in [0, 0.05) is 29.1 Å². The van der Waals surface area contributed by atoms with Gasteiger partial charge in [0.25, 0.3) is 0 Å². The number of rotatable bonds is 5. The monoisotopic (exact) mass is 347 g/mol. The van der Waals surface area contributed by atoms with Crippen molar-refractivity contribution in [2.75, 3.05) is 0 Å². The van der Waals surface area contributed by atoms with Crippen LogP contribution in [0.4, 0.5) is 0 Å². The van der Waals surface area contributed by atoms with Crippen LogP contribution in [-0.4, -0.2) is 21.8 Å². The number of aromatic amines is 1. The summed E-state index contributed by atoms with van der Waals surface area (Å²) in [6.45, 7) is 0. The van der Waals surface area contributed by atoms with Gasteiger partial charge < -0.3 is 10.1 Å². The molecule has 2 N–H and O–H groups in total. The Labute approximate surface area is 151 Å². The Morgan fingerprint density at radius 3 is 2.62 bits per heavy atom. The minimum absolute atomic E-state index is 0.0318. The molecule has 0 unspecified atom stereocenters. The molecule has 1 atom stereocenters. The van der Waals surface area contributed by atoms with Crippen LogP contribution in [0.25, 0.3) is 10.9 Å². The molecule has 4 nitrogen and oxygen atoms in total. The zero-order valence-electron chi connectivity index (χ0n) is 14.5. The maximum absolute atomic E-state index is 12.8. The molecule has 1 aliphatic rings. The fraction of sp³-hybridized carbons (Fsp3) is 0.273. The van der Waals surface area contributed by atoms with E-state index in [2.05, 4.69) is 4.98 Å². The Balaban J connectivity index is 1.63. The molecule has 3 aromatic rings. The lowest BCUT2D eigenvalue weighted by Crippen LogP contribution is -2.16. The van der Waals surface area contributed by atoms with E-state index in [1.165, 1.54) is 17.5 Å². The van der Waals surface area contributed by atoms with Gasteiger partial charge in [-0.2, -0.15) is 0 Å². The maximum Gasteiger partial charge on any atom is 0.311 e. The fourth-order valence-corrected chi connectivity index (χ4v) is 3.92. The van der Waals surface area contributed by atoms with Crippen LogP contribution < -0.4 is 0 Å². The van der Waals surface area contributed by atoms with Crippen molar-refractivity contribution in [3.8, 4) is 0 Å². The van der Waals surface area contributed by atoms with Crippen molar-refractivity contribution in [3.05, 3.63) is 70.9 Å². The van der Waals surface area contributed by atoms with Gasteiger partial charge in [0.2, 0.25) is 0 Å². The molecule has 0 saturated carbocycles. The zero-order chi connectivity index (χ0) is 18.1. The quantitative estimate of drug-likeness (QED) is 0.668. The first-order chi connectivity index (χ1) is 12.6. The Morgan fingerprint density at radius 1 is 1.04 bits per heavy atom. The number of aryl methyl sites for hydroxylation is 2. The second kappa shape index (κ2) is 6.79. The average molecular weight is 347 g/mol. The van der Waals surface area contributed by atoms with E-state index < -0.39 is 11.9 Å². The second-order valence-electron chi connectivity index (χ2n) is 7.00. The summed E-state index contributed by atoms with van der Waals surface area (Å²) < 4.78 is 0. The molecule has 0 radical (unpaired) electrons. The molecule has 0 fully saturated rings. The van der Waals surface area contributed by atoms with E-state index in [-0.39, 0.29) is 12.2 Å². The summed E-state index contributed by atoms with van der Waals surface area (Å²) in [5.41, 5.74) is 4.73. The predicted molar refractivity (Wildman–Crippen MR) is 101 cm³/mol. The highest BCUT2D eigenvalue weighted by Crippen LogP contribution is 2.30. The summed E-state index contributed by atoms with van der Waals surface area (Å²) in [5.74, 6) is -1.94. The Morgan fingerprint density at radius 2 is 1.81 bits per heavy atom. The smallest absolute Gasteiger partial charge is 0.311 e. The van der Waals surface area contributed by atoms with Gasteiger partial charge in [0.15, 0.2) is 5.78 Å². The number of benzene rings is 2. The molecule has 0 bridgehead atoms. The normalized spacial score (nSPS) is 14.8. The highest BCUT2D eigenvalue weighted by Gasteiger charge is 2.26. The highest BCUT2D eigenvalue weighted by atomic mass is 16.4. The molecule has 0 aliphatic heterocycles. The lowest BCUT2D eigenvalue weighted by Gasteiger charge is -2.17. The first-order valence-corrected chi connectivity index (χ1v) is 9.07. The van der Waals surface area contributed by atoms with Crippen molar-refractivity contribution in [1.29, 1.82) is 0 Å². The summed E-state index contributed by atoms with van der Waals surface area (Å²) in [6.07, 6.45) is 6.09. The third-order valence-electron chi connectivity index (χ3n) is 5.35. The van der Waals surface area contributed by atoms with Crippen molar-refractivity contribution >= 4 is 22.7 Å². The number of fused-ring (bicyclic) bond motifs is 2. The van der Waals surface area contributed by atoms with Crippen LogP contribution in [0, 0.1) is 0 Å². The average Bonchev–Trinajstić information content (AvgIpc) is 3.09. The van der Waals surface area contributed by atoms with E-state index in [0.29, 0.717) is 11.1 Å². The second-order valence-corrected chi connectivity index (χ2v) is 7.00. The summed E-state index contributed by atoms with van der Waals surface area (Å²) in [7, 11) is 0. The summed E-state index contributed by atoms with van der Waals surface area (Å²) in [4.78, 5) is 27.8. The Hall–Kier alpha value is -2.88. The number of Topliss-reactive ketones (excluding diaryl/α,β-unsaturated/α-hetero) is 1. The van der Waals surface area contributed by atoms with Crippen LogP contribution >= 0.6 is 0 Å². The van der Waals surface area contributed by atoms with Crippen LogP contribution in [0.1, 0.15) is 52.2 Å². The summed E-state index contributed by atoms with van der Waals surface area (Å²) in [5, 5.41) is 10.6. The van der Waals surface area contributed by atoms with E-state index in [1.54, 1.807) is 6.20 Å². The van der Waals surface area contributed by atoms with Crippen molar-refractivity contribution in [1.82, 2.24) is 4.98 Å². The number of H-pyrrole nitrogens is 1. The minimum Gasteiger partial charge on any atom is -0.481 e. The number of para-hydroxylation sites is 1. The van der Waals surface area contributed by atoms with Gasteiger partial charge in [0.1, 0.15) is 0 Å². The zero-order valence-corrected chi connectivity index (χ0v) is 14.5. The van der Waals surface area contributed by atoms with E-state index in [4.69, 9.17) is 0 Å². The molecule has 132 valence electrons. The molecule has 1 aromatic heterocycles. The number of nitrogens with one attached hydrogen (secondary N) is 1. The van der Waals surface area contributed by atoms with Gasteiger partial charge in [-0.1, -0.05) is 30.3 Å². The lowest BCUT2D eigenvalue weighted by atomic mass is 9.87. The van der Waals surface area contributed by atoms with E-state index >= 15 is 0 Å². The number of carboxylic acids is 1. The van der Waals surface area contributed by atoms with Crippen molar-refractivity contribution in [3.63, 3.8) is 0 Å². The number of aliphatic carboxylic acids is 1. The Bertz CT molecular complexity index is 986. The molecule has 2 aromatic carbocycles. The molecule has 1 heterocycles. The third kappa shape index (κ3) is 3.03. The predicted octanol–water partition coefficient (Wildman–Crippen LogP) is 4.49. The van der Waals surface area contributed by atoms with Crippen LogP contribution in [-0.2, 0) is 17.6 Å². The number of hydrogen-bond donors (Lipinski definition) is 2. The first-order valence-electron chi connectivity index (χ1n) is 9.07. The first kappa shape index (κ1) is 16.6. The van der Waals surface area contributed by atoms with Gasteiger partial charge in [-0.15, -0.1) is 0 Å². The molecule has 0 saturated heterocycles. The van der Waals surface area contributed by atoms with Crippen LogP contribution in [0.5, 0.6) is 0 Å². The Kier molecular flexibility index (Phi) is 4.33. The van der Waals surface area contributed by atoms with Crippen molar-refractivity contribution in [2.45, 2.75) is 38.0 Å². The van der Waals surface area contributed by atoms with E-state index in [0.717, 1.165) is 30.2 Å². The van der Waals surface area contributed by atoms with Crippen LogP contribution in [0.3, 0.4) is 0 Å². The topological polar surface area (TPSA) is 70.2 Å². The van der Waals surface area contributed by atoms with Gasteiger partial charge in [-0.25, -0.2) is 0 Å². The maximum atomic E-state index is 12.8. The number of carboxylic acid groups (broad SMARTS) is 1. The minimum atomic E-state index is -0.971. The largest absolute Gasteiger partial charge is 0.481 e. The molecule has 0 amide bonds. The molecule has 26 heavy (non-hydrogen) atoms. The highest BCUT2D eigenvalue weighted by molar-refractivity contribution is 6.00. The van der Waals surface area contributed by atoms with Gasteiger partial charge in [-0.05, 0) is 54.5 Å². The van der Waals surface area contributed by atoms with Crippen molar-refractivity contribution < 1.29 is 14.7 Å². The lowest BCUT2D eigenvalue weighted by molar-refractivity contribution is -0.138. The number of aromatic nitrogens is 1. The van der Waals surface area contributed by atoms with Gasteiger partial charge >= 0.3 is 5.97 Å². The van der Waals surface area contributed by atoms with E-state index in [9.17, 15) is 14.7 Å². The molecular weight excluding hydrogens is 326 g/mol. The van der Waals surface area contributed by atoms with Gasteiger partial charge in [0.05, 0.1) is 5.92 Å². The molecular formula is C22H21NO3. The van der Waals surface area contributed by atoms with Crippen molar-refractivity contribution in [2.24, 2.45) is 0 Å². The van der Waals surface area contributed by atoms with E-state index in [1.807, 2.05) is 42.5 Å².